The molecule has 5 rings (SSSR count). The van der Waals surface area contributed by atoms with Crippen molar-refractivity contribution in [2.75, 3.05) is 31.8 Å². The van der Waals surface area contributed by atoms with E-state index in [0.29, 0.717) is 47.1 Å². The zero-order chi connectivity index (χ0) is 28.2. The Balaban J connectivity index is 0.000000181. The van der Waals surface area contributed by atoms with Crippen molar-refractivity contribution in [2.45, 2.75) is 24.6 Å². The Morgan fingerprint density at radius 1 is 1.28 bits per heavy atom. The molecule has 2 amide bonds. The van der Waals surface area contributed by atoms with Crippen LogP contribution in [-0.4, -0.2) is 59.4 Å². The van der Waals surface area contributed by atoms with E-state index in [-0.39, 0.29) is 31.2 Å². The second-order valence-corrected chi connectivity index (χ2v) is 9.60. The van der Waals surface area contributed by atoms with Gasteiger partial charge in [-0.25, -0.2) is 4.98 Å². The van der Waals surface area contributed by atoms with Crippen LogP contribution in [0, 0.1) is 11.8 Å². The van der Waals surface area contributed by atoms with E-state index in [1.165, 1.54) is 17.6 Å². The molecular formula is C26H23F3N4O5S. The molecule has 0 saturated carbocycles. The number of aromatic nitrogens is 2. The molecule has 0 atom stereocenters. The molecule has 0 radical (unpaired) electrons. The minimum absolute atomic E-state index is 0.0138. The Morgan fingerprint density at radius 2 is 2.05 bits per heavy atom. The van der Waals surface area contributed by atoms with Gasteiger partial charge >= 0.3 is 6.18 Å². The fraction of sp³-hybridized carbons (Fsp3) is 0.308. The van der Waals surface area contributed by atoms with Crippen LogP contribution >= 0.6 is 11.3 Å². The number of rotatable bonds is 3. The van der Waals surface area contributed by atoms with Crippen molar-refractivity contribution in [1.82, 2.24) is 9.97 Å². The number of ether oxygens (including phenoxy) is 2. The number of benzene rings is 1. The van der Waals surface area contributed by atoms with E-state index >= 15 is 0 Å². The first-order valence-corrected chi connectivity index (χ1v) is 12.4. The Kier molecular flexibility index (Phi) is 8.19. The van der Waals surface area contributed by atoms with E-state index in [4.69, 9.17) is 15.2 Å². The second-order valence-electron chi connectivity index (χ2n) is 8.74. The van der Waals surface area contributed by atoms with Crippen molar-refractivity contribution < 1.29 is 37.3 Å². The number of alkyl halides is 3. The molecule has 1 saturated heterocycles. The number of fused-ring (bicyclic) bond motifs is 1. The lowest BCUT2D eigenvalue weighted by Gasteiger charge is -2.30. The van der Waals surface area contributed by atoms with Gasteiger partial charge in [0.05, 0.1) is 37.6 Å². The molecule has 2 aromatic heterocycles. The number of carbonyl (C=O) groups is 2. The van der Waals surface area contributed by atoms with E-state index < -0.39 is 22.7 Å². The highest BCUT2D eigenvalue weighted by Crippen LogP contribution is 2.32. The first-order valence-electron chi connectivity index (χ1n) is 11.6. The molecule has 0 spiro atoms. The van der Waals surface area contributed by atoms with Crippen molar-refractivity contribution in [1.29, 1.82) is 0 Å². The van der Waals surface area contributed by atoms with Gasteiger partial charge in [-0.2, -0.15) is 13.2 Å². The Morgan fingerprint density at radius 3 is 2.69 bits per heavy atom. The predicted octanol–water partition coefficient (Wildman–Crippen LogP) is 2.79. The van der Waals surface area contributed by atoms with Crippen LogP contribution in [0.1, 0.15) is 38.7 Å². The fourth-order valence-corrected chi connectivity index (χ4v) is 4.22. The van der Waals surface area contributed by atoms with Crippen molar-refractivity contribution in [2.24, 2.45) is 5.73 Å². The number of aliphatic hydroxyl groups is 1. The molecule has 3 N–H and O–H groups in total. The molecule has 0 bridgehead atoms. The number of thiazole rings is 1. The third-order valence-corrected chi connectivity index (χ3v) is 6.58. The van der Waals surface area contributed by atoms with Gasteiger partial charge in [-0.15, -0.1) is 11.3 Å². The molecule has 4 heterocycles. The summed E-state index contributed by atoms with van der Waals surface area (Å²) < 4.78 is 47.6. The quantitative estimate of drug-likeness (QED) is 0.472. The third kappa shape index (κ3) is 7.11. The van der Waals surface area contributed by atoms with Crippen LogP contribution in [0.15, 0.2) is 41.9 Å². The van der Waals surface area contributed by atoms with Crippen LogP contribution in [0.5, 0.6) is 5.75 Å². The van der Waals surface area contributed by atoms with Gasteiger partial charge in [0.25, 0.3) is 5.91 Å². The largest absolute Gasteiger partial charge is 0.491 e. The van der Waals surface area contributed by atoms with E-state index in [2.05, 4.69) is 21.8 Å². The molecule has 13 heteroatoms. The molecule has 9 nitrogen and oxygen atoms in total. The summed E-state index contributed by atoms with van der Waals surface area (Å²) in [5, 5.41) is 10.3. The van der Waals surface area contributed by atoms with Gasteiger partial charge in [0.15, 0.2) is 10.6 Å². The van der Waals surface area contributed by atoms with E-state index in [0.717, 1.165) is 5.56 Å². The number of pyridine rings is 1. The number of hydrogen-bond donors (Lipinski definition) is 2. The van der Waals surface area contributed by atoms with Crippen LogP contribution in [0.2, 0.25) is 0 Å². The van der Waals surface area contributed by atoms with Crippen LogP contribution in [0.25, 0.3) is 0 Å². The number of primary amides is 1. The first kappa shape index (κ1) is 28.0. The molecule has 39 heavy (non-hydrogen) atoms. The normalized spacial score (nSPS) is 15.8. The summed E-state index contributed by atoms with van der Waals surface area (Å²) in [4.78, 5) is 31.6. The Hall–Kier alpha value is -3.99. The molecule has 0 aliphatic carbocycles. The number of halogens is 3. The van der Waals surface area contributed by atoms with E-state index in [1.54, 1.807) is 30.1 Å². The number of amides is 2. The SMILES string of the molecule is CN1C(=O)CCOc2ccc(C#CC3(O)COC3)cc21.NC(=O)c1cc(Cc2csc(C(F)(F)F)n2)ccn1. The lowest BCUT2D eigenvalue weighted by Crippen LogP contribution is -2.48. The number of nitrogens with zero attached hydrogens (tertiary/aromatic N) is 3. The molecule has 1 fully saturated rings. The van der Waals surface area contributed by atoms with Gasteiger partial charge in [-0.1, -0.05) is 11.8 Å². The van der Waals surface area contributed by atoms with Gasteiger partial charge in [-0.05, 0) is 35.9 Å². The molecule has 3 aromatic rings. The lowest BCUT2D eigenvalue weighted by atomic mass is 10.0. The van der Waals surface area contributed by atoms with Crippen molar-refractivity contribution >= 4 is 28.8 Å². The molecule has 1 aromatic carbocycles. The molecule has 2 aliphatic heterocycles. The number of nitrogens with two attached hydrogens (primary N) is 1. The fourth-order valence-electron chi connectivity index (χ4n) is 3.53. The minimum atomic E-state index is -4.43. The van der Waals surface area contributed by atoms with Crippen molar-refractivity contribution in [3.05, 3.63) is 69.4 Å². The van der Waals surface area contributed by atoms with Crippen LogP contribution in [-0.2, 0) is 22.1 Å². The molecular weight excluding hydrogens is 537 g/mol. The zero-order valence-corrected chi connectivity index (χ0v) is 21.4. The maximum atomic E-state index is 12.4. The summed E-state index contributed by atoms with van der Waals surface area (Å²) in [7, 11) is 1.72. The summed E-state index contributed by atoms with van der Waals surface area (Å²) in [6.07, 6.45) is -2.50. The summed E-state index contributed by atoms with van der Waals surface area (Å²) in [5.74, 6) is 5.72. The average Bonchev–Trinajstić information content (AvgIpc) is 3.31. The predicted molar refractivity (Wildman–Crippen MR) is 135 cm³/mol. The van der Waals surface area contributed by atoms with Crippen LogP contribution in [0.4, 0.5) is 18.9 Å². The van der Waals surface area contributed by atoms with Gasteiger partial charge in [-0.3, -0.25) is 14.6 Å². The van der Waals surface area contributed by atoms with Crippen LogP contribution in [0.3, 0.4) is 0 Å². The van der Waals surface area contributed by atoms with Gasteiger partial charge in [0, 0.05) is 30.6 Å². The van der Waals surface area contributed by atoms with Gasteiger partial charge in [0.1, 0.15) is 11.4 Å². The third-order valence-electron chi connectivity index (χ3n) is 5.65. The smallest absolute Gasteiger partial charge is 0.443 e. The van der Waals surface area contributed by atoms with Crippen molar-refractivity contribution in [3.63, 3.8) is 0 Å². The standard InChI is InChI=1S/C15H15NO4.C11H8F3N3OS/c1-16-12-8-11(4-6-15(18)9-19-10-15)2-3-13(12)20-7-5-14(16)17;12-11(13,14)10-17-7(5-19-10)3-6-1-2-16-8(4-6)9(15)18/h2-3,8,18H,5,7,9-10H2,1H3;1-2,4-5H,3H2,(H2,15,18). The summed E-state index contributed by atoms with van der Waals surface area (Å²) in [6, 6.07) is 8.45. The van der Waals surface area contributed by atoms with E-state index in [1.807, 2.05) is 6.07 Å². The number of carbonyl (C=O) groups excluding carboxylic acids is 2. The highest BCUT2D eigenvalue weighted by molar-refractivity contribution is 7.09. The van der Waals surface area contributed by atoms with E-state index in [9.17, 15) is 27.9 Å². The number of hydrogen-bond acceptors (Lipinski definition) is 8. The highest BCUT2D eigenvalue weighted by Gasteiger charge is 2.35. The maximum absolute atomic E-state index is 12.4. The summed E-state index contributed by atoms with van der Waals surface area (Å²) >= 11 is 0.543. The molecule has 0 unspecified atom stereocenters. The first-order chi connectivity index (χ1) is 18.4. The summed E-state index contributed by atoms with van der Waals surface area (Å²) in [5.41, 5.74) is 6.46. The van der Waals surface area contributed by atoms with Crippen molar-refractivity contribution in [3.8, 4) is 17.6 Å². The second kappa shape index (κ2) is 11.4. The average molecular weight is 561 g/mol. The highest BCUT2D eigenvalue weighted by atomic mass is 32.1. The minimum Gasteiger partial charge on any atom is -0.491 e. The zero-order valence-electron chi connectivity index (χ0n) is 20.6. The maximum Gasteiger partial charge on any atom is 0.443 e. The molecule has 204 valence electrons. The van der Waals surface area contributed by atoms with Gasteiger partial charge < -0.3 is 25.2 Å². The monoisotopic (exact) mass is 560 g/mol. The van der Waals surface area contributed by atoms with Gasteiger partial charge in [0.2, 0.25) is 5.91 Å². The Bertz CT molecular complexity index is 1440. The topological polar surface area (TPSA) is 128 Å². The lowest BCUT2D eigenvalue weighted by molar-refractivity contribution is -0.140. The van der Waals surface area contributed by atoms with Crippen LogP contribution < -0.4 is 15.4 Å². The molecule has 2 aliphatic rings. The Labute approximate surface area is 225 Å². The number of anilines is 1. The summed E-state index contributed by atoms with van der Waals surface area (Å²) in [6.45, 7) is 0.872.